The second-order valence-corrected chi connectivity index (χ2v) is 9.12. The summed E-state index contributed by atoms with van der Waals surface area (Å²) in [6.45, 7) is 17.5. The van der Waals surface area contributed by atoms with Crippen LogP contribution in [0.5, 0.6) is 0 Å². The highest BCUT2D eigenvalue weighted by Crippen LogP contribution is 2.45. The molecule has 0 N–H and O–H groups in total. The summed E-state index contributed by atoms with van der Waals surface area (Å²) < 4.78 is 17.8. The average molecular weight is 354 g/mol. The lowest BCUT2D eigenvalue weighted by atomic mass is 9.71. The van der Waals surface area contributed by atoms with Gasteiger partial charge in [-0.05, 0) is 37.5 Å². The van der Waals surface area contributed by atoms with Crippen LogP contribution in [0.15, 0.2) is 12.2 Å². The quantitative estimate of drug-likeness (QED) is 0.611. The van der Waals surface area contributed by atoms with Crippen LogP contribution in [0.1, 0.15) is 59.8 Å². The Morgan fingerprint density at radius 2 is 1.92 bits per heavy atom. The van der Waals surface area contributed by atoms with Gasteiger partial charge in [-0.2, -0.15) is 0 Å². The first kappa shape index (κ1) is 20.9. The first-order chi connectivity index (χ1) is 11.7. The Morgan fingerprint density at radius 1 is 1.24 bits per heavy atom. The average Bonchev–Trinajstić information content (AvgIpc) is 2.92. The Labute approximate surface area is 154 Å². The van der Waals surface area contributed by atoms with E-state index in [1.807, 2.05) is 0 Å². The second kappa shape index (κ2) is 8.98. The number of rotatable bonds is 8. The van der Waals surface area contributed by atoms with Crippen molar-refractivity contribution in [3.8, 4) is 0 Å². The first-order valence-corrected chi connectivity index (χ1v) is 9.91. The van der Waals surface area contributed by atoms with Crippen LogP contribution in [-0.4, -0.2) is 56.7 Å². The van der Waals surface area contributed by atoms with Crippen molar-refractivity contribution in [1.82, 2.24) is 4.90 Å². The van der Waals surface area contributed by atoms with E-state index in [1.165, 1.54) is 18.4 Å². The molecule has 146 valence electrons. The Hall–Kier alpha value is -0.420. The van der Waals surface area contributed by atoms with Crippen LogP contribution in [0.25, 0.3) is 0 Å². The molecule has 2 rings (SSSR count). The van der Waals surface area contributed by atoms with E-state index in [-0.39, 0.29) is 11.9 Å². The highest BCUT2D eigenvalue weighted by molar-refractivity contribution is 4.92. The molecular formula is C21H39NO3. The second-order valence-electron chi connectivity index (χ2n) is 9.12. The number of hydrogen-bond acceptors (Lipinski definition) is 4. The van der Waals surface area contributed by atoms with Crippen molar-refractivity contribution in [1.29, 1.82) is 0 Å². The first-order valence-electron chi connectivity index (χ1n) is 9.91. The van der Waals surface area contributed by atoms with Crippen molar-refractivity contribution >= 4 is 0 Å². The fraction of sp³-hybridized carbons (Fsp3) is 0.905. The normalized spacial score (nSPS) is 30.3. The summed E-state index contributed by atoms with van der Waals surface area (Å²) >= 11 is 0. The lowest BCUT2D eigenvalue weighted by molar-refractivity contribution is -0.197. The van der Waals surface area contributed by atoms with E-state index in [4.69, 9.17) is 14.2 Å². The lowest BCUT2D eigenvalue weighted by Crippen LogP contribution is -2.39. The molecule has 1 spiro atoms. The fourth-order valence-electron chi connectivity index (χ4n) is 4.14. The van der Waals surface area contributed by atoms with E-state index in [9.17, 15) is 0 Å². The van der Waals surface area contributed by atoms with Gasteiger partial charge in [0.05, 0.1) is 19.3 Å². The summed E-state index contributed by atoms with van der Waals surface area (Å²) in [6.07, 6.45) is 5.76. The molecule has 0 aromatic carbocycles. The third kappa shape index (κ3) is 6.35. The summed E-state index contributed by atoms with van der Waals surface area (Å²) in [6, 6.07) is 0. The molecule has 0 aromatic rings. The topological polar surface area (TPSA) is 30.9 Å². The minimum atomic E-state index is -0.294. The van der Waals surface area contributed by atoms with Crippen LogP contribution in [-0.2, 0) is 14.2 Å². The highest BCUT2D eigenvalue weighted by atomic mass is 16.7. The van der Waals surface area contributed by atoms with Crippen LogP contribution in [0.3, 0.4) is 0 Å². The van der Waals surface area contributed by atoms with Gasteiger partial charge < -0.3 is 14.2 Å². The molecule has 2 aliphatic rings. The van der Waals surface area contributed by atoms with E-state index in [0.717, 1.165) is 58.0 Å². The minimum Gasteiger partial charge on any atom is -0.383 e. The zero-order chi connectivity index (χ0) is 18.5. The molecule has 1 atom stereocenters. The van der Waals surface area contributed by atoms with Crippen molar-refractivity contribution in [3.63, 3.8) is 0 Å². The molecule has 4 nitrogen and oxygen atoms in total. The molecule has 0 amide bonds. The molecule has 1 unspecified atom stereocenters. The zero-order valence-electron chi connectivity index (χ0n) is 17.1. The molecule has 2 fully saturated rings. The Balaban J connectivity index is 1.77. The lowest BCUT2D eigenvalue weighted by Gasteiger charge is -2.41. The van der Waals surface area contributed by atoms with Gasteiger partial charge >= 0.3 is 0 Å². The van der Waals surface area contributed by atoms with Crippen molar-refractivity contribution in [2.24, 2.45) is 11.3 Å². The van der Waals surface area contributed by atoms with E-state index < -0.39 is 0 Å². The zero-order valence-corrected chi connectivity index (χ0v) is 17.1. The molecular weight excluding hydrogens is 314 g/mol. The number of hydrogen-bond donors (Lipinski definition) is 0. The fourth-order valence-corrected chi connectivity index (χ4v) is 4.14. The molecule has 1 heterocycles. The predicted octanol–water partition coefficient (Wildman–Crippen LogP) is 4.25. The standard InChI is InChI=1S/C21H39NO3/c1-17(2)15-22(13-14-23-6)12-9-19-16-24-21(25-19)10-7-18(8-11-21)20(3,4)5/h18-19H,1,7-16H2,2-6H3. The summed E-state index contributed by atoms with van der Waals surface area (Å²) in [4.78, 5) is 2.40. The van der Waals surface area contributed by atoms with Crippen molar-refractivity contribution in [3.05, 3.63) is 12.2 Å². The van der Waals surface area contributed by atoms with Crippen LogP contribution in [0.2, 0.25) is 0 Å². The molecule has 25 heavy (non-hydrogen) atoms. The predicted molar refractivity (Wildman–Crippen MR) is 103 cm³/mol. The molecule has 4 heteroatoms. The largest absolute Gasteiger partial charge is 0.383 e. The Morgan fingerprint density at radius 3 is 2.48 bits per heavy atom. The van der Waals surface area contributed by atoms with Crippen molar-refractivity contribution in [2.75, 3.05) is 40.0 Å². The van der Waals surface area contributed by atoms with Crippen molar-refractivity contribution in [2.45, 2.75) is 71.7 Å². The highest BCUT2D eigenvalue weighted by Gasteiger charge is 2.45. The molecule has 0 aromatic heterocycles. The van der Waals surface area contributed by atoms with Crippen LogP contribution in [0.4, 0.5) is 0 Å². The SMILES string of the molecule is C=C(C)CN(CCOC)CCC1COC2(CCC(C(C)(C)C)CC2)O1. The summed E-state index contributed by atoms with van der Waals surface area (Å²) in [5.74, 6) is 0.488. The maximum atomic E-state index is 6.41. The van der Waals surface area contributed by atoms with Crippen molar-refractivity contribution < 1.29 is 14.2 Å². The molecule has 1 aliphatic heterocycles. The maximum absolute atomic E-state index is 6.41. The molecule has 0 radical (unpaired) electrons. The van der Waals surface area contributed by atoms with Gasteiger partial charge in [0.25, 0.3) is 0 Å². The Bertz CT molecular complexity index is 421. The van der Waals surface area contributed by atoms with Crippen LogP contribution >= 0.6 is 0 Å². The smallest absolute Gasteiger partial charge is 0.168 e. The van der Waals surface area contributed by atoms with Gasteiger partial charge in [-0.25, -0.2) is 0 Å². The number of ether oxygens (including phenoxy) is 3. The van der Waals surface area contributed by atoms with Crippen LogP contribution < -0.4 is 0 Å². The molecule has 1 aliphatic carbocycles. The van der Waals surface area contributed by atoms with Gasteiger partial charge in [-0.1, -0.05) is 32.9 Å². The maximum Gasteiger partial charge on any atom is 0.168 e. The van der Waals surface area contributed by atoms with Gasteiger partial charge in [0, 0.05) is 39.6 Å². The molecule has 1 saturated carbocycles. The minimum absolute atomic E-state index is 0.223. The monoisotopic (exact) mass is 353 g/mol. The number of methoxy groups -OCH3 is 1. The van der Waals surface area contributed by atoms with Gasteiger partial charge in [0.15, 0.2) is 5.79 Å². The molecule has 0 bridgehead atoms. The van der Waals surface area contributed by atoms with Gasteiger partial charge in [-0.15, -0.1) is 0 Å². The van der Waals surface area contributed by atoms with Gasteiger partial charge in [0.1, 0.15) is 0 Å². The summed E-state index contributed by atoms with van der Waals surface area (Å²) in [5.41, 5.74) is 1.58. The third-order valence-corrected chi connectivity index (χ3v) is 5.76. The Kier molecular flexibility index (Phi) is 7.51. The third-order valence-electron chi connectivity index (χ3n) is 5.76. The molecule has 1 saturated heterocycles. The van der Waals surface area contributed by atoms with Gasteiger partial charge in [-0.3, -0.25) is 4.90 Å². The van der Waals surface area contributed by atoms with E-state index >= 15 is 0 Å². The van der Waals surface area contributed by atoms with Gasteiger partial charge in [0.2, 0.25) is 0 Å². The van der Waals surface area contributed by atoms with E-state index in [0.29, 0.717) is 5.41 Å². The summed E-state index contributed by atoms with van der Waals surface area (Å²) in [7, 11) is 1.75. The summed E-state index contributed by atoms with van der Waals surface area (Å²) in [5, 5.41) is 0. The van der Waals surface area contributed by atoms with E-state index in [2.05, 4.69) is 39.2 Å². The van der Waals surface area contributed by atoms with E-state index in [1.54, 1.807) is 7.11 Å². The van der Waals surface area contributed by atoms with Crippen LogP contribution in [0, 0.1) is 11.3 Å². The number of nitrogens with zero attached hydrogens (tertiary/aromatic N) is 1.